The average Bonchev–Trinajstić information content (AvgIpc) is 2.76. The van der Waals surface area contributed by atoms with Crippen LogP contribution in [0.5, 0.6) is 11.5 Å². The number of benzene rings is 3. The largest absolute Gasteiger partial charge is 0.493 e. The van der Waals surface area contributed by atoms with Crippen molar-refractivity contribution in [3.05, 3.63) is 89.7 Å². The first-order valence-corrected chi connectivity index (χ1v) is 9.66. The molecule has 0 fully saturated rings. The molecule has 0 saturated heterocycles. The van der Waals surface area contributed by atoms with Crippen LogP contribution in [0.25, 0.3) is 0 Å². The Balaban J connectivity index is 1.84. The van der Waals surface area contributed by atoms with Gasteiger partial charge in [-0.15, -0.1) is 0 Å². The molecule has 3 rings (SSSR count). The number of quaternary nitrogens is 1. The molecule has 1 unspecified atom stereocenters. The third kappa shape index (κ3) is 5.15. The minimum absolute atomic E-state index is 0.161. The first-order chi connectivity index (χ1) is 14.5. The summed E-state index contributed by atoms with van der Waals surface area (Å²) in [6, 6.07) is 20.7. The van der Waals surface area contributed by atoms with Gasteiger partial charge >= 0.3 is 0 Å². The highest BCUT2D eigenvalue weighted by atomic mass is 19.1. The smallest absolute Gasteiger partial charge is 0.287 e. The number of hydrogen-bond donors (Lipinski definition) is 2. The van der Waals surface area contributed by atoms with Crippen molar-refractivity contribution in [2.24, 2.45) is 0 Å². The van der Waals surface area contributed by atoms with Gasteiger partial charge in [0.1, 0.15) is 12.4 Å². The molecule has 0 aliphatic carbocycles. The van der Waals surface area contributed by atoms with E-state index in [0.717, 1.165) is 16.0 Å². The number of carbonyl (C=O) groups is 1. The molecule has 0 aliphatic rings. The molecule has 0 aromatic heterocycles. The van der Waals surface area contributed by atoms with Crippen LogP contribution in [-0.2, 0) is 11.3 Å². The van der Waals surface area contributed by atoms with E-state index in [1.807, 2.05) is 55.6 Å². The van der Waals surface area contributed by atoms with Crippen molar-refractivity contribution in [2.45, 2.75) is 12.6 Å². The highest BCUT2D eigenvalue weighted by Crippen LogP contribution is 2.27. The van der Waals surface area contributed by atoms with Crippen molar-refractivity contribution in [3.63, 3.8) is 0 Å². The molecule has 3 aromatic rings. The fourth-order valence-electron chi connectivity index (χ4n) is 3.47. The zero-order chi connectivity index (χ0) is 21.5. The molecule has 5 nitrogen and oxygen atoms in total. The highest BCUT2D eigenvalue weighted by Gasteiger charge is 2.29. The van der Waals surface area contributed by atoms with Crippen molar-refractivity contribution >= 4 is 11.6 Å². The topological polar surface area (TPSA) is 52.0 Å². The molecule has 30 heavy (non-hydrogen) atoms. The Hall–Kier alpha value is -3.38. The summed E-state index contributed by atoms with van der Waals surface area (Å²) >= 11 is 0. The molecule has 0 aliphatic heterocycles. The van der Waals surface area contributed by atoms with Crippen molar-refractivity contribution in [1.29, 1.82) is 0 Å². The van der Waals surface area contributed by atoms with Gasteiger partial charge in [0.25, 0.3) is 5.91 Å². The van der Waals surface area contributed by atoms with Gasteiger partial charge < -0.3 is 19.7 Å². The number of halogens is 1. The molecule has 0 heterocycles. The molecule has 6 heteroatoms. The number of nitrogens with one attached hydrogen (secondary N) is 2. The van der Waals surface area contributed by atoms with Crippen LogP contribution < -0.4 is 19.7 Å². The summed E-state index contributed by atoms with van der Waals surface area (Å²) in [6.45, 7) is 0.594. The number of methoxy groups -OCH3 is 2. The van der Waals surface area contributed by atoms with Crippen molar-refractivity contribution < 1.29 is 23.6 Å². The van der Waals surface area contributed by atoms with Gasteiger partial charge in [-0.25, -0.2) is 4.39 Å². The number of carbonyl (C=O) groups excluding carboxylic acids is 1. The van der Waals surface area contributed by atoms with Crippen molar-refractivity contribution in [3.8, 4) is 11.5 Å². The Kier molecular flexibility index (Phi) is 7.03. The molecule has 3 aromatic carbocycles. The van der Waals surface area contributed by atoms with Crippen LogP contribution in [0.15, 0.2) is 72.8 Å². The molecular weight excluding hydrogens is 383 g/mol. The highest BCUT2D eigenvalue weighted by molar-refractivity contribution is 5.94. The van der Waals surface area contributed by atoms with Crippen LogP contribution in [0.4, 0.5) is 10.1 Å². The van der Waals surface area contributed by atoms with E-state index in [-0.39, 0.29) is 11.7 Å². The van der Waals surface area contributed by atoms with Gasteiger partial charge in [-0.1, -0.05) is 30.3 Å². The second-order valence-corrected chi connectivity index (χ2v) is 7.05. The Morgan fingerprint density at radius 3 is 2.27 bits per heavy atom. The van der Waals surface area contributed by atoms with Gasteiger partial charge in [0, 0.05) is 16.8 Å². The van der Waals surface area contributed by atoms with Crippen LogP contribution in [0.1, 0.15) is 17.2 Å². The van der Waals surface area contributed by atoms with Crippen molar-refractivity contribution in [2.75, 3.05) is 26.6 Å². The number of ether oxygens (including phenoxy) is 2. The maximum atomic E-state index is 13.2. The van der Waals surface area contributed by atoms with Gasteiger partial charge in [0.05, 0.1) is 21.3 Å². The fourth-order valence-corrected chi connectivity index (χ4v) is 3.47. The molecule has 0 radical (unpaired) electrons. The Labute approximate surface area is 176 Å². The van der Waals surface area contributed by atoms with E-state index in [4.69, 9.17) is 9.47 Å². The third-order valence-corrected chi connectivity index (χ3v) is 4.93. The Morgan fingerprint density at radius 2 is 1.63 bits per heavy atom. The van der Waals surface area contributed by atoms with E-state index in [2.05, 4.69) is 5.32 Å². The van der Waals surface area contributed by atoms with Crippen LogP contribution >= 0.6 is 0 Å². The summed E-state index contributed by atoms with van der Waals surface area (Å²) in [4.78, 5) is 14.2. The molecule has 0 spiro atoms. The maximum absolute atomic E-state index is 13.2. The van der Waals surface area contributed by atoms with Crippen LogP contribution in [-0.4, -0.2) is 27.2 Å². The third-order valence-electron chi connectivity index (χ3n) is 4.93. The Morgan fingerprint density at radius 1 is 0.967 bits per heavy atom. The molecule has 156 valence electrons. The van der Waals surface area contributed by atoms with Crippen LogP contribution in [0.3, 0.4) is 0 Å². The summed E-state index contributed by atoms with van der Waals surface area (Å²) in [7, 11) is 5.17. The monoisotopic (exact) mass is 409 g/mol. The quantitative estimate of drug-likeness (QED) is 0.601. The van der Waals surface area contributed by atoms with Gasteiger partial charge in [0.2, 0.25) is 0 Å². The number of anilines is 1. The molecular formula is C24H26FN2O3+. The molecule has 1 amide bonds. The number of hydrogen-bond acceptors (Lipinski definition) is 3. The first-order valence-electron chi connectivity index (χ1n) is 9.66. The summed E-state index contributed by atoms with van der Waals surface area (Å²) < 4.78 is 23.9. The van der Waals surface area contributed by atoms with Gasteiger partial charge in [-0.05, 0) is 42.5 Å². The zero-order valence-corrected chi connectivity index (χ0v) is 17.3. The minimum Gasteiger partial charge on any atom is -0.493 e. The van der Waals surface area contributed by atoms with E-state index in [1.165, 1.54) is 12.1 Å². The number of likely N-dealkylation sites (N-methyl/N-ethyl adjacent to an activating group) is 1. The minimum atomic E-state index is -0.454. The van der Waals surface area contributed by atoms with Crippen molar-refractivity contribution in [1.82, 2.24) is 0 Å². The van der Waals surface area contributed by atoms with E-state index in [9.17, 15) is 9.18 Å². The summed E-state index contributed by atoms with van der Waals surface area (Å²) in [5.41, 5.74) is 2.47. The Bertz CT molecular complexity index is 978. The number of amides is 1. The standard InChI is InChI=1S/C24H25FN2O3/c1-27(16-17-9-14-21(29-2)22(15-17)30-3)23(18-7-5-4-6-8-18)24(28)26-20-12-10-19(25)11-13-20/h4-15,23H,16H2,1-3H3,(H,26,28)/p+1/t23-/m1/s1. The molecule has 2 N–H and O–H groups in total. The van der Waals surface area contributed by atoms with Crippen LogP contribution in [0.2, 0.25) is 0 Å². The van der Waals surface area contributed by atoms with Gasteiger partial charge in [-0.2, -0.15) is 0 Å². The summed E-state index contributed by atoms with van der Waals surface area (Å²) in [5, 5.41) is 2.90. The summed E-state index contributed by atoms with van der Waals surface area (Å²) in [5.74, 6) is 0.803. The fraction of sp³-hybridized carbons (Fsp3) is 0.208. The molecule has 2 atom stereocenters. The van der Waals surface area contributed by atoms with E-state index < -0.39 is 6.04 Å². The normalized spacial score (nSPS) is 12.7. The zero-order valence-electron chi connectivity index (χ0n) is 17.3. The van der Waals surface area contributed by atoms with E-state index in [0.29, 0.717) is 23.7 Å². The summed E-state index contributed by atoms with van der Waals surface area (Å²) in [6.07, 6.45) is 0. The van der Waals surface area contributed by atoms with E-state index in [1.54, 1.807) is 26.4 Å². The lowest BCUT2D eigenvalue weighted by molar-refractivity contribution is -0.915. The maximum Gasteiger partial charge on any atom is 0.287 e. The lowest BCUT2D eigenvalue weighted by Crippen LogP contribution is -3.09. The van der Waals surface area contributed by atoms with E-state index >= 15 is 0 Å². The predicted molar refractivity (Wildman–Crippen MR) is 114 cm³/mol. The number of rotatable bonds is 8. The van der Waals surface area contributed by atoms with Crippen LogP contribution in [0, 0.1) is 5.82 Å². The SMILES string of the molecule is COc1ccc(C[NH+](C)[C@@H](C(=O)Nc2ccc(F)cc2)c2ccccc2)cc1OC. The first kappa shape index (κ1) is 21.3. The predicted octanol–water partition coefficient (Wildman–Crippen LogP) is 3.24. The lowest BCUT2D eigenvalue weighted by Gasteiger charge is -2.25. The van der Waals surface area contributed by atoms with Gasteiger partial charge in [-0.3, -0.25) is 4.79 Å². The molecule has 0 bridgehead atoms. The average molecular weight is 409 g/mol. The van der Waals surface area contributed by atoms with Gasteiger partial charge in [0.15, 0.2) is 17.5 Å². The lowest BCUT2D eigenvalue weighted by atomic mass is 10.0. The molecule has 0 saturated carbocycles. The second-order valence-electron chi connectivity index (χ2n) is 7.05. The second kappa shape index (κ2) is 9.89.